The molecular weight excluding hydrogens is 223 g/mol. The SMILES string of the molecule is NC(=O)c1cc(C2CCCNC2)nn1CCF. The Morgan fingerprint density at radius 2 is 2.53 bits per heavy atom. The Kier molecular flexibility index (Phi) is 3.73. The van der Waals surface area contributed by atoms with Crippen LogP contribution in [0, 0.1) is 0 Å². The van der Waals surface area contributed by atoms with E-state index in [1.54, 1.807) is 6.07 Å². The Balaban J connectivity index is 2.22. The summed E-state index contributed by atoms with van der Waals surface area (Å²) in [5.74, 6) is -0.260. The van der Waals surface area contributed by atoms with Gasteiger partial charge in [-0.15, -0.1) is 0 Å². The van der Waals surface area contributed by atoms with E-state index in [2.05, 4.69) is 10.4 Å². The van der Waals surface area contributed by atoms with Crippen LogP contribution in [-0.2, 0) is 6.54 Å². The first-order valence-corrected chi connectivity index (χ1v) is 5.86. The minimum atomic E-state index is -0.555. The first-order chi connectivity index (χ1) is 8.22. The molecular formula is C11H17FN4O. The number of nitrogens with zero attached hydrogens (tertiary/aromatic N) is 2. The van der Waals surface area contributed by atoms with Crippen LogP contribution < -0.4 is 11.1 Å². The number of carbonyl (C=O) groups excluding carboxylic acids is 1. The first-order valence-electron chi connectivity index (χ1n) is 5.86. The molecule has 1 aliphatic rings. The van der Waals surface area contributed by atoms with Crippen LogP contribution in [0.15, 0.2) is 6.07 Å². The lowest BCUT2D eigenvalue weighted by Crippen LogP contribution is -2.28. The van der Waals surface area contributed by atoms with Crippen molar-refractivity contribution < 1.29 is 9.18 Å². The smallest absolute Gasteiger partial charge is 0.266 e. The summed E-state index contributed by atoms with van der Waals surface area (Å²) in [5.41, 5.74) is 6.38. The normalized spacial score (nSPS) is 20.4. The number of piperidine rings is 1. The van der Waals surface area contributed by atoms with Gasteiger partial charge >= 0.3 is 0 Å². The molecule has 1 fully saturated rings. The molecule has 94 valence electrons. The van der Waals surface area contributed by atoms with Gasteiger partial charge in [0, 0.05) is 12.5 Å². The van der Waals surface area contributed by atoms with E-state index >= 15 is 0 Å². The topological polar surface area (TPSA) is 72.9 Å². The maximum atomic E-state index is 12.3. The van der Waals surface area contributed by atoms with Crippen molar-refractivity contribution in [3.05, 3.63) is 17.5 Å². The second-order valence-corrected chi connectivity index (χ2v) is 4.27. The number of rotatable bonds is 4. The van der Waals surface area contributed by atoms with Crippen molar-refractivity contribution in [3.8, 4) is 0 Å². The zero-order valence-electron chi connectivity index (χ0n) is 9.66. The minimum Gasteiger partial charge on any atom is -0.364 e. The zero-order chi connectivity index (χ0) is 12.3. The van der Waals surface area contributed by atoms with Crippen molar-refractivity contribution in [1.82, 2.24) is 15.1 Å². The monoisotopic (exact) mass is 240 g/mol. The quantitative estimate of drug-likeness (QED) is 0.801. The Morgan fingerprint density at radius 1 is 1.71 bits per heavy atom. The summed E-state index contributed by atoms with van der Waals surface area (Å²) >= 11 is 0. The highest BCUT2D eigenvalue weighted by Crippen LogP contribution is 2.22. The molecule has 1 atom stereocenters. The van der Waals surface area contributed by atoms with E-state index < -0.39 is 12.6 Å². The molecule has 2 rings (SSSR count). The van der Waals surface area contributed by atoms with Crippen molar-refractivity contribution in [3.63, 3.8) is 0 Å². The van der Waals surface area contributed by atoms with Gasteiger partial charge in [0.15, 0.2) is 0 Å². The van der Waals surface area contributed by atoms with Gasteiger partial charge in [0.05, 0.1) is 12.2 Å². The van der Waals surface area contributed by atoms with Crippen LogP contribution in [0.5, 0.6) is 0 Å². The number of aryl methyl sites for hydroxylation is 1. The molecule has 0 bridgehead atoms. The van der Waals surface area contributed by atoms with E-state index in [1.165, 1.54) is 4.68 Å². The summed E-state index contributed by atoms with van der Waals surface area (Å²) in [7, 11) is 0. The van der Waals surface area contributed by atoms with Crippen molar-refractivity contribution in [2.24, 2.45) is 5.73 Å². The predicted molar refractivity (Wildman–Crippen MR) is 61.6 cm³/mol. The Bertz CT molecular complexity index is 398. The van der Waals surface area contributed by atoms with Gasteiger partial charge in [0.25, 0.3) is 5.91 Å². The molecule has 0 spiro atoms. The van der Waals surface area contributed by atoms with Crippen LogP contribution in [0.25, 0.3) is 0 Å². The third-order valence-corrected chi connectivity index (χ3v) is 3.06. The molecule has 1 unspecified atom stereocenters. The van der Waals surface area contributed by atoms with Gasteiger partial charge in [0.2, 0.25) is 0 Å². The van der Waals surface area contributed by atoms with Crippen LogP contribution in [0.1, 0.15) is 34.9 Å². The maximum Gasteiger partial charge on any atom is 0.266 e. The Morgan fingerprint density at radius 3 is 3.12 bits per heavy atom. The molecule has 0 radical (unpaired) electrons. The lowest BCUT2D eigenvalue weighted by molar-refractivity contribution is 0.0989. The first kappa shape index (κ1) is 12.0. The standard InChI is InChI=1S/C11H17FN4O/c12-3-5-16-10(11(13)17)6-9(15-16)8-2-1-4-14-7-8/h6,8,14H,1-5,7H2,(H2,13,17). The number of nitrogens with two attached hydrogens (primary N) is 1. The molecule has 1 aromatic heterocycles. The minimum absolute atomic E-state index is 0.0818. The van der Waals surface area contributed by atoms with Crippen molar-refractivity contribution in [1.29, 1.82) is 0 Å². The maximum absolute atomic E-state index is 12.3. The molecule has 17 heavy (non-hydrogen) atoms. The van der Waals surface area contributed by atoms with E-state index in [-0.39, 0.29) is 6.54 Å². The summed E-state index contributed by atoms with van der Waals surface area (Å²) in [5, 5.41) is 7.56. The number of carbonyl (C=O) groups is 1. The summed E-state index contributed by atoms with van der Waals surface area (Å²) in [6.07, 6.45) is 2.13. The van der Waals surface area contributed by atoms with E-state index in [9.17, 15) is 9.18 Å². The fourth-order valence-corrected chi connectivity index (χ4v) is 2.19. The molecule has 1 aliphatic heterocycles. The van der Waals surface area contributed by atoms with Crippen LogP contribution >= 0.6 is 0 Å². The fraction of sp³-hybridized carbons (Fsp3) is 0.636. The molecule has 1 aromatic rings. The van der Waals surface area contributed by atoms with Crippen molar-refractivity contribution in [2.45, 2.75) is 25.3 Å². The second kappa shape index (κ2) is 5.27. The molecule has 0 aliphatic carbocycles. The average Bonchev–Trinajstić information content (AvgIpc) is 2.75. The zero-order valence-corrected chi connectivity index (χ0v) is 9.66. The number of halogens is 1. The van der Waals surface area contributed by atoms with E-state index in [0.717, 1.165) is 31.6 Å². The molecule has 3 N–H and O–H groups in total. The number of primary amides is 1. The molecule has 0 aromatic carbocycles. The summed E-state index contributed by atoms with van der Waals surface area (Å²) in [4.78, 5) is 11.2. The largest absolute Gasteiger partial charge is 0.364 e. The molecule has 5 nitrogen and oxygen atoms in total. The Hall–Kier alpha value is -1.43. The predicted octanol–water partition coefficient (Wildman–Crippen LogP) is 0.418. The van der Waals surface area contributed by atoms with Crippen molar-refractivity contribution >= 4 is 5.91 Å². The molecule has 0 saturated carbocycles. The molecule has 2 heterocycles. The van der Waals surface area contributed by atoms with Gasteiger partial charge in [-0.3, -0.25) is 9.48 Å². The molecule has 6 heteroatoms. The number of hydrogen-bond donors (Lipinski definition) is 2. The van der Waals surface area contributed by atoms with Gasteiger partial charge in [-0.2, -0.15) is 5.10 Å². The summed E-state index contributed by atoms with van der Waals surface area (Å²) < 4.78 is 13.7. The number of amides is 1. The van der Waals surface area contributed by atoms with Gasteiger partial charge < -0.3 is 11.1 Å². The van der Waals surface area contributed by atoms with Gasteiger partial charge in [-0.1, -0.05) is 0 Å². The Labute approximate surface area is 99.2 Å². The number of alkyl halides is 1. The van der Waals surface area contributed by atoms with Crippen LogP contribution in [-0.4, -0.2) is 35.5 Å². The molecule has 1 saturated heterocycles. The van der Waals surface area contributed by atoms with E-state index in [4.69, 9.17) is 5.73 Å². The van der Waals surface area contributed by atoms with Crippen LogP contribution in [0.3, 0.4) is 0 Å². The van der Waals surface area contributed by atoms with E-state index in [0.29, 0.717) is 11.6 Å². The number of nitrogens with one attached hydrogen (secondary N) is 1. The fourth-order valence-electron chi connectivity index (χ4n) is 2.19. The molecule has 1 amide bonds. The highest BCUT2D eigenvalue weighted by atomic mass is 19.1. The van der Waals surface area contributed by atoms with E-state index in [1.807, 2.05) is 0 Å². The average molecular weight is 240 g/mol. The van der Waals surface area contributed by atoms with Gasteiger partial charge in [-0.05, 0) is 25.5 Å². The lowest BCUT2D eigenvalue weighted by Gasteiger charge is -2.20. The third-order valence-electron chi connectivity index (χ3n) is 3.06. The highest BCUT2D eigenvalue weighted by Gasteiger charge is 2.21. The van der Waals surface area contributed by atoms with Crippen molar-refractivity contribution in [2.75, 3.05) is 19.8 Å². The number of hydrogen-bond acceptors (Lipinski definition) is 3. The van der Waals surface area contributed by atoms with Gasteiger partial charge in [0.1, 0.15) is 12.4 Å². The second-order valence-electron chi connectivity index (χ2n) is 4.27. The number of aromatic nitrogens is 2. The van der Waals surface area contributed by atoms with Gasteiger partial charge in [-0.25, -0.2) is 4.39 Å². The summed E-state index contributed by atoms with van der Waals surface area (Å²) in [6.45, 7) is 1.40. The summed E-state index contributed by atoms with van der Waals surface area (Å²) in [6, 6.07) is 1.69. The highest BCUT2D eigenvalue weighted by molar-refractivity contribution is 5.91. The van der Waals surface area contributed by atoms with Crippen LogP contribution in [0.4, 0.5) is 4.39 Å². The lowest BCUT2D eigenvalue weighted by atomic mass is 9.96. The third kappa shape index (κ3) is 2.63. The van der Waals surface area contributed by atoms with Crippen LogP contribution in [0.2, 0.25) is 0 Å².